The molecule has 1 aliphatic heterocycles. The molecular weight excluding hydrogens is 294 g/mol. The van der Waals surface area contributed by atoms with Gasteiger partial charge in [-0.1, -0.05) is 30.3 Å². The van der Waals surface area contributed by atoms with Crippen molar-refractivity contribution in [2.75, 3.05) is 11.4 Å². The van der Waals surface area contributed by atoms with Crippen LogP contribution in [0, 0.1) is 0 Å². The Morgan fingerprint density at radius 1 is 1.26 bits per heavy atom. The SMILES string of the molecule is O=C(O)[C@@H]1CCCN1c1cc(-c2ccccc2)nc2ncnn12. The first-order valence-electron chi connectivity index (χ1n) is 7.50. The van der Waals surface area contributed by atoms with Gasteiger partial charge in [-0.3, -0.25) is 0 Å². The van der Waals surface area contributed by atoms with Crippen molar-refractivity contribution in [2.45, 2.75) is 18.9 Å². The van der Waals surface area contributed by atoms with Crippen LogP contribution in [0.15, 0.2) is 42.7 Å². The average molecular weight is 309 g/mol. The summed E-state index contributed by atoms with van der Waals surface area (Å²) in [6.07, 6.45) is 2.91. The smallest absolute Gasteiger partial charge is 0.326 e. The van der Waals surface area contributed by atoms with Crippen LogP contribution in [0.3, 0.4) is 0 Å². The lowest BCUT2D eigenvalue weighted by molar-refractivity contribution is -0.138. The van der Waals surface area contributed by atoms with Gasteiger partial charge >= 0.3 is 5.97 Å². The van der Waals surface area contributed by atoms with Gasteiger partial charge in [-0.2, -0.15) is 14.6 Å². The van der Waals surface area contributed by atoms with Crippen molar-refractivity contribution in [3.05, 3.63) is 42.7 Å². The van der Waals surface area contributed by atoms with Crippen LogP contribution in [-0.4, -0.2) is 43.2 Å². The second kappa shape index (κ2) is 5.35. The van der Waals surface area contributed by atoms with Crippen LogP contribution in [0.4, 0.5) is 5.82 Å². The Balaban J connectivity index is 1.88. The molecule has 0 bridgehead atoms. The third-order valence-electron chi connectivity index (χ3n) is 4.13. The Kier molecular flexibility index (Phi) is 3.18. The number of aromatic nitrogens is 4. The number of benzene rings is 1. The standard InChI is InChI=1S/C16H15N5O2/c22-15(23)13-7-4-8-20(13)14-9-12(11-5-2-1-3-6-11)19-16-17-10-18-21(14)16/h1-3,5-6,9-10,13H,4,7-8H2,(H,22,23)/t13-/m0/s1. The molecule has 0 radical (unpaired) electrons. The molecule has 2 aromatic heterocycles. The van der Waals surface area contributed by atoms with E-state index in [1.54, 1.807) is 4.52 Å². The van der Waals surface area contributed by atoms with Crippen molar-refractivity contribution in [1.29, 1.82) is 0 Å². The van der Waals surface area contributed by atoms with Crippen molar-refractivity contribution in [3.63, 3.8) is 0 Å². The Bertz CT molecular complexity index is 861. The number of aliphatic carboxylic acids is 1. The molecule has 0 spiro atoms. The molecule has 0 amide bonds. The highest BCUT2D eigenvalue weighted by Crippen LogP contribution is 2.29. The highest BCUT2D eigenvalue weighted by Gasteiger charge is 2.32. The largest absolute Gasteiger partial charge is 0.480 e. The van der Waals surface area contributed by atoms with Crippen LogP contribution >= 0.6 is 0 Å². The normalized spacial score (nSPS) is 17.7. The molecular formula is C16H15N5O2. The molecule has 0 aliphatic carbocycles. The van der Waals surface area contributed by atoms with Gasteiger partial charge in [0.1, 0.15) is 18.2 Å². The molecule has 1 aliphatic rings. The minimum absolute atomic E-state index is 0.470. The van der Waals surface area contributed by atoms with Crippen LogP contribution in [-0.2, 0) is 4.79 Å². The fourth-order valence-corrected chi connectivity index (χ4v) is 3.06. The Hall–Kier alpha value is -2.96. The first-order chi connectivity index (χ1) is 11.2. The first kappa shape index (κ1) is 13.7. The van der Waals surface area contributed by atoms with Crippen molar-refractivity contribution < 1.29 is 9.90 Å². The third kappa shape index (κ3) is 2.30. The predicted octanol–water partition coefficient (Wildman–Crippen LogP) is 1.84. The van der Waals surface area contributed by atoms with E-state index in [2.05, 4.69) is 15.1 Å². The summed E-state index contributed by atoms with van der Waals surface area (Å²) in [5.74, 6) is 0.377. The lowest BCUT2D eigenvalue weighted by Gasteiger charge is -2.24. The third-order valence-corrected chi connectivity index (χ3v) is 4.13. The molecule has 0 saturated carbocycles. The monoisotopic (exact) mass is 309 g/mol. The lowest BCUT2D eigenvalue weighted by atomic mass is 10.1. The summed E-state index contributed by atoms with van der Waals surface area (Å²) in [4.78, 5) is 22.1. The van der Waals surface area contributed by atoms with Gasteiger partial charge in [-0.15, -0.1) is 0 Å². The fourth-order valence-electron chi connectivity index (χ4n) is 3.06. The van der Waals surface area contributed by atoms with Crippen LogP contribution in [0.5, 0.6) is 0 Å². The van der Waals surface area contributed by atoms with Crippen molar-refractivity contribution in [2.24, 2.45) is 0 Å². The Morgan fingerprint density at radius 3 is 2.87 bits per heavy atom. The van der Waals surface area contributed by atoms with Gasteiger partial charge in [-0.05, 0) is 12.8 Å². The molecule has 7 nitrogen and oxygen atoms in total. The summed E-state index contributed by atoms with van der Waals surface area (Å²) in [6, 6.07) is 11.1. The maximum absolute atomic E-state index is 11.5. The maximum Gasteiger partial charge on any atom is 0.326 e. The summed E-state index contributed by atoms with van der Waals surface area (Å²) in [5, 5.41) is 13.7. The van der Waals surface area contributed by atoms with E-state index in [1.807, 2.05) is 41.3 Å². The van der Waals surface area contributed by atoms with Crippen LogP contribution < -0.4 is 4.90 Å². The lowest BCUT2D eigenvalue weighted by Crippen LogP contribution is -2.37. The number of carbonyl (C=O) groups is 1. The highest BCUT2D eigenvalue weighted by molar-refractivity contribution is 5.79. The molecule has 1 fully saturated rings. The molecule has 4 rings (SSSR count). The maximum atomic E-state index is 11.5. The van der Waals surface area contributed by atoms with E-state index in [0.717, 1.165) is 23.5 Å². The minimum atomic E-state index is -0.811. The van der Waals surface area contributed by atoms with Gasteiger partial charge in [-0.25, -0.2) is 9.78 Å². The van der Waals surface area contributed by atoms with Gasteiger partial charge in [0.2, 0.25) is 0 Å². The number of rotatable bonds is 3. The quantitative estimate of drug-likeness (QED) is 0.795. The summed E-state index contributed by atoms with van der Waals surface area (Å²) in [7, 11) is 0. The van der Waals surface area contributed by atoms with E-state index in [0.29, 0.717) is 18.7 Å². The Labute approximate surface area is 132 Å². The highest BCUT2D eigenvalue weighted by atomic mass is 16.4. The van der Waals surface area contributed by atoms with Gasteiger partial charge in [0.25, 0.3) is 5.78 Å². The van der Waals surface area contributed by atoms with Gasteiger partial charge in [0.15, 0.2) is 0 Å². The van der Waals surface area contributed by atoms with Gasteiger partial charge < -0.3 is 10.0 Å². The average Bonchev–Trinajstić information content (AvgIpc) is 3.23. The molecule has 7 heteroatoms. The van der Waals surface area contributed by atoms with Crippen LogP contribution in [0.25, 0.3) is 17.0 Å². The molecule has 3 heterocycles. The van der Waals surface area contributed by atoms with Crippen LogP contribution in [0.2, 0.25) is 0 Å². The first-order valence-corrected chi connectivity index (χ1v) is 7.50. The van der Waals surface area contributed by atoms with E-state index in [9.17, 15) is 9.90 Å². The second-order valence-electron chi connectivity index (χ2n) is 5.53. The second-order valence-corrected chi connectivity index (χ2v) is 5.53. The summed E-state index contributed by atoms with van der Waals surface area (Å²) < 4.78 is 1.60. The molecule has 1 aromatic carbocycles. The van der Waals surface area contributed by atoms with E-state index in [1.165, 1.54) is 6.33 Å². The number of nitrogens with zero attached hydrogens (tertiary/aromatic N) is 5. The Morgan fingerprint density at radius 2 is 2.09 bits per heavy atom. The zero-order valence-electron chi connectivity index (χ0n) is 12.3. The summed E-state index contributed by atoms with van der Waals surface area (Å²) in [6.45, 7) is 0.685. The molecule has 1 saturated heterocycles. The number of fused-ring (bicyclic) bond motifs is 1. The number of carboxylic acid groups (broad SMARTS) is 1. The van der Waals surface area contributed by atoms with Gasteiger partial charge in [0, 0.05) is 18.2 Å². The zero-order chi connectivity index (χ0) is 15.8. The molecule has 1 atom stereocenters. The molecule has 1 N–H and O–H groups in total. The summed E-state index contributed by atoms with van der Waals surface area (Å²) in [5.41, 5.74) is 1.72. The molecule has 0 unspecified atom stereocenters. The van der Waals surface area contributed by atoms with Crippen molar-refractivity contribution >= 4 is 17.6 Å². The number of carboxylic acids is 1. The van der Waals surface area contributed by atoms with E-state index >= 15 is 0 Å². The fraction of sp³-hybridized carbons (Fsp3) is 0.250. The van der Waals surface area contributed by atoms with Crippen LogP contribution in [0.1, 0.15) is 12.8 Å². The summed E-state index contributed by atoms with van der Waals surface area (Å²) >= 11 is 0. The van der Waals surface area contributed by atoms with E-state index in [-0.39, 0.29) is 0 Å². The van der Waals surface area contributed by atoms with Crippen molar-refractivity contribution in [1.82, 2.24) is 19.6 Å². The van der Waals surface area contributed by atoms with Gasteiger partial charge in [0.05, 0.1) is 5.69 Å². The minimum Gasteiger partial charge on any atom is -0.480 e. The van der Waals surface area contributed by atoms with Crippen molar-refractivity contribution in [3.8, 4) is 11.3 Å². The zero-order valence-corrected chi connectivity index (χ0v) is 12.3. The number of anilines is 1. The molecule has 116 valence electrons. The number of hydrogen-bond donors (Lipinski definition) is 1. The molecule has 23 heavy (non-hydrogen) atoms. The van der Waals surface area contributed by atoms with E-state index < -0.39 is 12.0 Å². The topological polar surface area (TPSA) is 83.6 Å². The van der Waals surface area contributed by atoms with E-state index in [4.69, 9.17) is 0 Å². The number of hydrogen-bond acceptors (Lipinski definition) is 5. The molecule has 3 aromatic rings. The predicted molar refractivity (Wildman–Crippen MR) is 84.2 cm³/mol.